The minimum Gasteiger partial charge on any atom is -0.370 e. The summed E-state index contributed by atoms with van der Waals surface area (Å²) in [6.07, 6.45) is 4.14. The summed E-state index contributed by atoms with van der Waals surface area (Å²) in [6.45, 7) is 11.8. The van der Waals surface area contributed by atoms with Crippen molar-refractivity contribution >= 4 is 11.6 Å². The lowest BCUT2D eigenvalue weighted by atomic mass is 9.96. The molecule has 19 heavy (non-hydrogen) atoms. The van der Waals surface area contributed by atoms with E-state index in [1.54, 1.807) is 0 Å². The Morgan fingerprint density at radius 2 is 1.68 bits per heavy atom. The van der Waals surface area contributed by atoms with Gasteiger partial charge in [-0.3, -0.25) is 0 Å². The third kappa shape index (κ3) is 4.69. The topological polar surface area (TPSA) is 49.8 Å². The van der Waals surface area contributed by atoms with Crippen LogP contribution in [-0.4, -0.2) is 22.1 Å². The zero-order valence-corrected chi connectivity index (χ0v) is 13.0. The first-order valence-corrected chi connectivity index (χ1v) is 7.46. The molecule has 0 bridgehead atoms. The van der Waals surface area contributed by atoms with E-state index >= 15 is 0 Å². The lowest BCUT2D eigenvalue weighted by molar-refractivity contribution is 0.476. The first-order chi connectivity index (χ1) is 9.06. The average molecular weight is 264 g/mol. The van der Waals surface area contributed by atoms with Crippen LogP contribution in [0.15, 0.2) is 6.07 Å². The second kappa shape index (κ2) is 7.31. The van der Waals surface area contributed by atoms with Crippen LogP contribution in [0, 0.1) is 0 Å². The number of hydrogen-bond donors (Lipinski definition) is 2. The molecule has 0 saturated heterocycles. The van der Waals surface area contributed by atoms with Gasteiger partial charge in [-0.15, -0.1) is 0 Å². The van der Waals surface area contributed by atoms with Gasteiger partial charge in [0.05, 0.1) is 0 Å². The van der Waals surface area contributed by atoms with Crippen LogP contribution in [0.3, 0.4) is 0 Å². The SMILES string of the molecule is CCCc1nc(NCC)cc(NC(C)(CC)CC)n1. The van der Waals surface area contributed by atoms with E-state index in [4.69, 9.17) is 0 Å². The first kappa shape index (κ1) is 15.7. The van der Waals surface area contributed by atoms with Crippen LogP contribution in [0.1, 0.15) is 59.7 Å². The minimum atomic E-state index is 0.0985. The Labute approximate surface area is 117 Å². The van der Waals surface area contributed by atoms with Gasteiger partial charge < -0.3 is 10.6 Å². The maximum Gasteiger partial charge on any atom is 0.133 e. The molecule has 1 heterocycles. The Morgan fingerprint density at radius 1 is 1.05 bits per heavy atom. The number of aryl methyl sites for hydroxylation is 1. The van der Waals surface area contributed by atoms with E-state index in [1.807, 2.05) is 6.07 Å². The van der Waals surface area contributed by atoms with Crippen LogP contribution in [0.4, 0.5) is 11.6 Å². The lowest BCUT2D eigenvalue weighted by Crippen LogP contribution is -2.33. The van der Waals surface area contributed by atoms with Crippen molar-refractivity contribution in [3.63, 3.8) is 0 Å². The first-order valence-electron chi connectivity index (χ1n) is 7.46. The molecule has 2 N–H and O–H groups in total. The molecule has 1 aromatic rings. The zero-order valence-electron chi connectivity index (χ0n) is 13.0. The summed E-state index contributed by atoms with van der Waals surface area (Å²) in [6, 6.07) is 2.01. The molecule has 4 nitrogen and oxygen atoms in total. The Hall–Kier alpha value is -1.32. The van der Waals surface area contributed by atoms with Crippen molar-refractivity contribution in [1.82, 2.24) is 9.97 Å². The highest BCUT2D eigenvalue weighted by Crippen LogP contribution is 2.22. The molecule has 0 aromatic carbocycles. The summed E-state index contributed by atoms with van der Waals surface area (Å²) < 4.78 is 0. The van der Waals surface area contributed by atoms with Crippen molar-refractivity contribution in [2.45, 2.75) is 65.8 Å². The van der Waals surface area contributed by atoms with E-state index in [0.29, 0.717) is 0 Å². The van der Waals surface area contributed by atoms with Gasteiger partial charge in [0.2, 0.25) is 0 Å². The molecule has 1 rings (SSSR count). The molecule has 1 aromatic heterocycles. The molecule has 0 aliphatic rings. The molecule has 0 atom stereocenters. The van der Waals surface area contributed by atoms with Gasteiger partial charge in [-0.05, 0) is 33.1 Å². The Balaban J connectivity index is 2.98. The summed E-state index contributed by atoms with van der Waals surface area (Å²) in [5, 5.41) is 6.84. The summed E-state index contributed by atoms with van der Waals surface area (Å²) in [7, 11) is 0. The maximum absolute atomic E-state index is 4.62. The number of rotatable bonds is 8. The van der Waals surface area contributed by atoms with Gasteiger partial charge in [-0.1, -0.05) is 20.8 Å². The minimum absolute atomic E-state index is 0.0985. The number of aromatic nitrogens is 2. The Bertz CT molecular complexity index is 361. The average Bonchev–Trinajstić information content (AvgIpc) is 2.39. The number of nitrogens with zero attached hydrogens (tertiary/aromatic N) is 2. The molecule has 0 fully saturated rings. The molecule has 4 heteroatoms. The lowest BCUT2D eigenvalue weighted by Gasteiger charge is -2.29. The highest BCUT2D eigenvalue weighted by atomic mass is 15.1. The smallest absolute Gasteiger partial charge is 0.133 e. The van der Waals surface area contributed by atoms with Gasteiger partial charge >= 0.3 is 0 Å². The molecular weight excluding hydrogens is 236 g/mol. The Kier molecular flexibility index (Phi) is 6.06. The van der Waals surface area contributed by atoms with Crippen molar-refractivity contribution < 1.29 is 0 Å². The van der Waals surface area contributed by atoms with E-state index < -0.39 is 0 Å². The summed E-state index contributed by atoms with van der Waals surface area (Å²) in [5.74, 6) is 2.76. The summed E-state index contributed by atoms with van der Waals surface area (Å²) in [5.41, 5.74) is 0.0985. The van der Waals surface area contributed by atoms with Gasteiger partial charge in [0, 0.05) is 24.6 Å². The van der Waals surface area contributed by atoms with Crippen LogP contribution >= 0.6 is 0 Å². The number of hydrogen-bond acceptors (Lipinski definition) is 4. The fraction of sp³-hybridized carbons (Fsp3) is 0.733. The van der Waals surface area contributed by atoms with Crippen molar-refractivity contribution in [3.8, 4) is 0 Å². The van der Waals surface area contributed by atoms with E-state index in [-0.39, 0.29) is 5.54 Å². The standard InChI is InChI=1S/C15H28N4/c1-6-10-12-17-13(16-9-4)11-14(18-12)19-15(5,7-2)8-3/h11H,6-10H2,1-5H3,(H2,16,17,18,19). The number of nitrogens with one attached hydrogen (secondary N) is 2. The predicted octanol–water partition coefficient (Wildman–Crippen LogP) is 3.85. The van der Waals surface area contributed by atoms with Crippen molar-refractivity contribution in [2.24, 2.45) is 0 Å². The quantitative estimate of drug-likeness (QED) is 0.748. The van der Waals surface area contributed by atoms with Crippen LogP contribution in [0.5, 0.6) is 0 Å². The van der Waals surface area contributed by atoms with Crippen LogP contribution in [0.2, 0.25) is 0 Å². The molecule has 108 valence electrons. The van der Waals surface area contributed by atoms with Gasteiger partial charge in [0.15, 0.2) is 0 Å². The molecule has 0 aliphatic heterocycles. The third-order valence-corrected chi connectivity index (χ3v) is 3.59. The molecule has 0 aliphatic carbocycles. The zero-order chi connectivity index (χ0) is 14.3. The third-order valence-electron chi connectivity index (χ3n) is 3.59. The predicted molar refractivity (Wildman–Crippen MR) is 82.8 cm³/mol. The van der Waals surface area contributed by atoms with E-state index in [2.05, 4.69) is 55.2 Å². The van der Waals surface area contributed by atoms with Gasteiger partial charge in [0.1, 0.15) is 17.5 Å². The molecule has 0 radical (unpaired) electrons. The van der Waals surface area contributed by atoms with E-state index in [0.717, 1.165) is 49.7 Å². The van der Waals surface area contributed by atoms with Crippen LogP contribution in [0.25, 0.3) is 0 Å². The van der Waals surface area contributed by atoms with E-state index in [9.17, 15) is 0 Å². The van der Waals surface area contributed by atoms with Crippen LogP contribution < -0.4 is 10.6 Å². The van der Waals surface area contributed by atoms with E-state index in [1.165, 1.54) is 0 Å². The van der Waals surface area contributed by atoms with Crippen molar-refractivity contribution in [1.29, 1.82) is 0 Å². The molecular formula is C15H28N4. The monoisotopic (exact) mass is 264 g/mol. The highest BCUT2D eigenvalue weighted by Gasteiger charge is 2.20. The summed E-state index contributed by atoms with van der Waals surface area (Å²) in [4.78, 5) is 9.16. The van der Waals surface area contributed by atoms with Crippen LogP contribution in [-0.2, 0) is 6.42 Å². The molecule has 0 saturated carbocycles. The maximum atomic E-state index is 4.62. The molecule has 0 spiro atoms. The highest BCUT2D eigenvalue weighted by molar-refractivity contribution is 5.48. The largest absolute Gasteiger partial charge is 0.370 e. The van der Waals surface area contributed by atoms with Crippen molar-refractivity contribution in [2.75, 3.05) is 17.2 Å². The fourth-order valence-corrected chi connectivity index (χ4v) is 1.90. The summed E-state index contributed by atoms with van der Waals surface area (Å²) >= 11 is 0. The second-order valence-electron chi connectivity index (χ2n) is 5.23. The van der Waals surface area contributed by atoms with Gasteiger partial charge in [-0.25, -0.2) is 9.97 Å². The number of anilines is 2. The van der Waals surface area contributed by atoms with Gasteiger partial charge in [-0.2, -0.15) is 0 Å². The van der Waals surface area contributed by atoms with Crippen molar-refractivity contribution in [3.05, 3.63) is 11.9 Å². The Morgan fingerprint density at radius 3 is 2.21 bits per heavy atom. The molecule has 0 amide bonds. The fourth-order valence-electron chi connectivity index (χ4n) is 1.90. The van der Waals surface area contributed by atoms with Gasteiger partial charge in [0.25, 0.3) is 0 Å². The second-order valence-corrected chi connectivity index (χ2v) is 5.23. The molecule has 0 unspecified atom stereocenters. The normalized spacial score (nSPS) is 11.4.